The topological polar surface area (TPSA) is 35.8 Å². The standard InChI is InChI=1S/C16H14BrClN2/c1-10-5-11(2)7-12(6-10)16(9-19)20-13-3-4-15(18)14(17)8-13/h3-8,16,20H,1-2H3. The average molecular weight is 350 g/mol. The van der Waals surface area contributed by atoms with E-state index in [-0.39, 0.29) is 6.04 Å². The fraction of sp³-hybridized carbons (Fsp3) is 0.188. The Labute approximate surface area is 132 Å². The lowest BCUT2D eigenvalue weighted by molar-refractivity contribution is 0.990. The van der Waals surface area contributed by atoms with E-state index in [1.165, 1.54) is 0 Å². The van der Waals surface area contributed by atoms with Crippen molar-refractivity contribution in [3.63, 3.8) is 0 Å². The molecule has 0 radical (unpaired) electrons. The minimum atomic E-state index is -0.387. The van der Waals surface area contributed by atoms with E-state index in [1.807, 2.05) is 38.1 Å². The Morgan fingerprint density at radius 1 is 1.15 bits per heavy atom. The predicted molar refractivity (Wildman–Crippen MR) is 87.0 cm³/mol. The van der Waals surface area contributed by atoms with E-state index in [1.54, 1.807) is 6.07 Å². The molecule has 2 aromatic rings. The number of nitrogens with one attached hydrogen (secondary N) is 1. The molecular formula is C16H14BrClN2. The van der Waals surface area contributed by atoms with Gasteiger partial charge in [0.15, 0.2) is 0 Å². The fourth-order valence-electron chi connectivity index (χ4n) is 2.12. The quantitative estimate of drug-likeness (QED) is 0.805. The summed E-state index contributed by atoms with van der Waals surface area (Å²) in [5, 5.41) is 13.3. The molecule has 0 spiro atoms. The van der Waals surface area contributed by atoms with Crippen LogP contribution in [-0.4, -0.2) is 0 Å². The molecule has 0 saturated carbocycles. The number of halogens is 2. The molecule has 0 aliphatic carbocycles. The van der Waals surface area contributed by atoms with E-state index in [4.69, 9.17) is 11.6 Å². The Hall–Kier alpha value is -1.50. The molecule has 0 fully saturated rings. The van der Waals surface area contributed by atoms with E-state index >= 15 is 0 Å². The first kappa shape index (κ1) is 14.9. The molecule has 2 nitrogen and oxygen atoms in total. The Morgan fingerprint density at radius 3 is 2.35 bits per heavy atom. The molecule has 1 unspecified atom stereocenters. The maximum Gasteiger partial charge on any atom is 0.140 e. The van der Waals surface area contributed by atoms with Crippen molar-refractivity contribution < 1.29 is 0 Å². The van der Waals surface area contributed by atoms with Gasteiger partial charge in [-0.1, -0.05) is 40.9 Å². The summed E-state index contributed by atoms with van der Waals surface area (Å²) < 4.78 is 0.807. The summed E-state index contributed by atoms with van der Waals surface area (Å²) in [7, 11) is 0. The molecule has 1 N–H and O–H groups in total. The third-order valence-corrected chi connectivity index (χ3v) is 4.15. The SMILES string of the molecule is Cc1cc(C)cc(C(C#N)Nc2ccc(Cl)c(Br)c2)c1. The van der Waals surface area contributed by atoms with Gasteiger partial charge in [0.1, 0.15) is 6.04 Å². The van der Waals surface area contributed by atoms with Crippen LogP contribution in [0.3, 0.4) is 0 Å². The summed E-state index contributed by atoms with van der Waals surface area (Å²) in [5.74, 6) is 0. The van der Waals surface area contributed by atoms with Crippen LogP contribution < -0.4 is 5.32 Å². The molecule has 1 atom stereocenters. The molecule has 0 heterocycles. The lowest BCUT2D eigenvalue weighted by Crippen LogP contribution is -2.09. The van der Waals surface area contributed by atoms with Gasteiger partial charge in [-0.3, -0.25) is 0 Å². The molecule has 0 aromatic heterocycles. The van der Waals surface area contributed by atoms with Gasteiger partial charge in [0.2, 0.25) is 0 Å². The lowest BCUT2D eigenvalue weighted by Gasteiger charge is -2.15. The summed E-state index contributed by atoms with van der Waals surface area (Å²) in [6.07, 6.45) is 0. The predicted octanol–water partition coefficient (Wildman–Crippen LogP) is 5.40. The van der Waals surface area contributed by atoms with E-state index in [2.05, 4.69) is 33.4 Å². The number of anilines is 1. The normalized spacial score (nSPS) is 11.8. The van der Waals surface area contributed by atoms with Crippen LogP contribution in [0.2, 0.25) is 5.02 Å². The van der Waals surface area contributed by atoms with Gasteiger partial charge >= 0.3 is 0 Å². The van der Waals surface area contributed by atoms with Crippen LogP contribution in [0.4, 0.5) is 5.69 Å². The second-order valence-corrected chi connectivity index (χ2v) is 6.02. The number of hydrogen-bond donors (Lipinski definition) is 1. The van der Waals surface area contributed by atoms with Gasteiger partial charge in [-0.2, -0.15) is 5.26 Å². The van der Waals surface area contributed by atoms with Crippen molar-refractivity contribution >= 4 is 33.2 Å². The van der Waals surface area contributed by atoms with Crippen molar-refractivity contribution in [3.8, 4) is 6.07 Å². The summed E-state index contributed by atoms with van der Waals surface area (Å²) in [6, 6.07) is 13.6. The second kappa shape index (κ2) is 6.30. The number of nitrogens with zero attached hydrogens (tertiary/aromatic N) is 1. The largest absolute Gasteiger partial charge is 0.366 e. The van der Waals surface area contributed by atoms with Crippen molar-refractivity contribution in [1.29, 1.82) is 5.26 Å². The van der Waals surface area contributed by atoms with Crippen molar-refractivity contribution in [2.75, 3.05) is 5.32 Å². The van der Waals surface area contributed by atoms with Crippen LogP contribution in [0, 0.1) is 25.2 Å². The molecule has 4 heteroatoms. The maximum atomic E-state index is 9.40. The third kappa shape index (κ3) is 3.53. The van der Waals surface area contributed by atoms with Gasteiger partial charge in [-0.15, -0.1) is 0 Å². The molecule has 0 aliphatic heterocycles. The Kier molecular flexibility index (Phi) is 4.69. The van der Waals surface area contributed by atoms with Crippen LogP contribution in [0.5, 0.6) is 0 Å². The number of hydrogen-bond acceptors (Lipinski definition) is 2. The van der Waals surface area contributed by atoms with Gasteiger partial charge in [0.05, 0.1) is 11.1 Å². The monoisotopic (exact) mass is 348 g/mol. The zero-order valence-electron chi connectivity index (χ0n) is 11.2. The Morgan fingerprint density at radius 2 is 1.80 bits per heavy atom. The van der Waals surface area contributed by atoms with Crippen molar-refractivity contribution in [3.05, 3.63) is 62.6 Å². The van der Waals surface area contributed by atoms with E-state index in [0.29, 0.717) is 5.02 Å². The second-order valence-electron chi connectivity index (χ2n) is 4.76. The van der Waals surface area contributed by atoms with Gasteiger partial charge < -0.3 is 5.32 Å². The zero-order valence-corrected chi connectivity index (χ0v) is 13.6. The first-order chi connectivity index (χ1) is 9.49. The maximum absolute atomic E-state index is 9.40. The van der Waals surface area contributed by atoms with Crippen LogP contribution in [-0.2, 0) is 0 Å². The molecule has 2 rings (SSSR count). The average Bonchev–Trinajstić information content (AvgIpc) is 2.38. The van der Waals surface area contributed by atoms with Crippen LogP contribution >= 0.6 is 27.5 Å². The fourth-order valence-corrected chi connectivity index (χ4v) is 2.62. The Balaban J connectivity index is 2.29. The molecule has 20 heavy (non-hydrogen) atoms. The number of aryl methyl sites for hydroxylation is 2. The zero-order chi connectivity index (χ0) is 14.7. The Bertz CT molecular complexity index is 656. The highest BCUT2D eigenvalue weighted by molar-refractivity contribution is 9.10. The molecule has 0 bridgehead atoms. The molecule has 0 saturated heterocycles. The van der Waals surface area contributed by atoms with Gasteiger partial charge in [0, 0.05) is 10.2 Å². The number of benzene rings is 2. The van der Waals surface area contributed by atoms with Gasteiger partial charge in [0.25, 0.3) is 0 Å². The van der Waals surface area contributed by atoms with Gasteiger partial charge in [-0.25, -0.2) is 0 Å². The highest BCUT2D eigenvalue weighted by Crippen LogP contribution is 2.28. The highest BCUT2D eigenvalue weighted by Gasteiger charge is 2.11. The van der Waals surface area contributed by atoms with Crippen molar-refractivity contribution in [2.24, 2.45) is 0 Å². The number of nitriles is 1. The first-order valence-electron chi connectivity index (χ1n) is 6.19. The summed E-state index contributed by atoms with van der Waals surface area (Å²) in [4.78, 5) is 0. The first-order valence-corrected chi connectivity index (χ1v) is 7.36. The van der Waals surface area contributed by atoms with Crippen molar-refractivity contribution in [1.82, 2.24) is 0 Å². The van der Waals surface area contributed by atoms with E-state index < -0.39 is 0 Å². The molecule has 0 amide bonds. The van der Waals surface area contributed by atoms with E-state index in [9.17, 15) is 5.26 Å². The van der Waals surface area contributed by atoms with Gasteiger partial charge in [-0.05, 0) is 53.5 Å². The molecule has 2 aromatic carbocycles. The molecular weight excluding hydrogens is 336 g/mol. The summed E-state index contributed by atoms with van der Waals surface area (Å²) >= 11 is 9.35. The van der Waals surface area contributed by atoms with Crippen LogP contribution in [0.1, 0.15) is 22.7 Å². The highest BCUT2D eigenvalue weighted by atomic mass is 79.9. The summed E-state index contributed by atoms with van der Waals surface area (Å²) in [5.41, 5.74) is 4.13. The number of rotatable bonds is 3. The lowest BCUT2D eigenvalue weighted by atomic mass is 10.0. The smallest absolute Gasteiger partial charge is 0.140 e. The van der Waals surface area contributed by atoms with Crippen LogP contribution in [0.25, 0.3) is 0 Å². The molecule has 0 aliphatic rings. The minimum Gasteiger partial charge on any atom is -0.366 e. The molecule has 102 valence electrons. The minimum absolute atomic E-state index is 0.387. The van der Waals surface area contributed by atoms with E-state index in [0.717, 1.165) is 26.9 Å². The van der Waals surface area contributed by atoms with Crippen LogP contribution in [0.15, 0.2) is 40.9 Å². The third-order valence-electron chi connectivity index (χ3n) is 2.94. The van der Waals surface area contributed by atoms with Crippen molar-refractivity contribution in [2.45, 2.75) is 19.9 Å². The summed E-state index contributed by atoms with van der Waals surface area (Å²) in [6.45, 7) is 4.06.